The predicted molar refractivity (Wildman–Crippen MR) is 54.8 cm³/mol. The van der Waals surface area contributed by atoms with Crippen molar-refractivity contribution in [2.45, 2.75) is 38.8 Å². The molecule has 1 amide bonds. The van der Waals surface area contributed by atoms with Crippen LogP contribution in [0.3, 0.4) is 0 Å². The third kappa shape index (κ3) is 3.27. The van der Waals surface area contributed by atoms with Crippen LogP contribution >= 0.6 is 0 Å². The van der Waals surface area contributed by atoms with E-state index in [9.17, 15) is 4.79 Å². The Morgan fingerprint density at radius 1 is 1.43 bits per heavy atom. The lowest BCUT2D eigenvalue weighted by atomic mass is 10.0. The van der Waals surface area contributed by atoms with E-state index < -0.39 is 6.04 Å². The highest BCUT2D eigenvalue weighted by Gasteiger charge is 2.21. The number of carbonyl (C=O) groups is 1. The topological polar surface area (TPSA) is 64.4 Å². The summed E-state index contributed by atoms with van der Waals surface area (Å²) in [5.41, 5.74) is 5.73. The molecule has 4 heteroatoms. The van der Waals surface area contributed by atoms with Gasteiger partial charge in [0.15, 0.2) is 0 Å². The van der Waals surface area contributed by atoms with Crippen LogP contribution < -0.4 is 11.1 Å². The molecule has 1 unspecified atom stereocenters. The molecular formula is C10H20N2O2. The van der Waals surface area contributed by atoms with Crippen molar-refractivity contribution in [3.8, 4) is 0 Å². The van der Waals surface area contributed by atoms with Gasteiger partial charge in [0.1, 0.15) is 0 Å². The molecule has 0 aliphatic carbocycles. The van der Waals surface area contributed by atoms with Crippen molar-refractivity contribution in [1.29, 1.82) is 0 Å². The minimum atomic E-state index is -0.391. The highest BCUT2D eigenvalue weighted by atomic mass is 16.5. The Balaban J connectivity index is 2.31. The van der Waals surface area contributed by atoms with Crippen LogP contribution in [0.4, 0.5) is 0 Å². The normalized spacial score (nSPS) is 20.9. The van der Waals surface area contributed by atoms with E-state index >= 15 is 0 Å². The van der Waals surface area contributed by atoms with Crippen LogP contribution in [0.1, 0.15) is 26.7 Å². The Bertz CT molecular complexity index is 189. The molecule has 0 spiro atoms. The lowest BCUT2D eigenvalue weighted by molar-refractivity contribution is -0.124. The highest BCUT2D eigenvalue weighted by Crippen LogP contribution is 2.07. The van der Waals surface area contributed by atoms with Crippen molar-refractivity contribution in [1.82, 2.24) is 5.32 Å². The zero-order chi connectivity index (χ0) is 10.6. The number of hydrogen-bond acceptors (Lipinski definition) is 3. The number of carbonyl (C=O) groups excluding carboxylic acids is 1. The molecule has 3 N–H and O–H groups in total. The van der Waals surface area contributed by atoms with Crippen LogP contribution in [0.2, 0.25) is 0 Å². The molecule has 0 radical (unpaired) electrons. The Hall–Kier alpha value is -0.610. The van der Waals surface area contributed by atoms with Crippen molar-refractivity contribution in [3.63, 3.8) is 0 Å². The maximum Gasteiger partial charge on any atom is 0.237 e. The van der Waals surface area contributed by atoms with E-state index in [0.29, 0.717) is 0 Å². The van der Waals surface area contributed by atoms with E-state index in [1.165, 1.54) is 0 Å². The van der Waals surface area contributed by atoms with Gasteiger partial charge in [-0.15, -0.1) is 0 Å². The summed E-state index contributed by atoms with van der Waals surface area (Å²) in [4.78, 5) is 11.6. The van der Waals surface area contributed by atoms with Crippen LogP contribution in [0.15, 0.2) is 0 Å². The predicted octanol–water partition coefficient (Wildman–Crippen LogP) is 0.265. The molecule has 82 valence electrons. The summed E-state index contributed by atoms with van der Waals surface area (Å²) in [5.74, 6) is 0.154. The average molecular weight is 200 g/mol. The minimum absolute atomic E-state index is 0.0353. The second kappa shape index (κ2) is 5.32. The average Bonchev–Trinajstić information content (AvgIpc) is 2.18. The van der Waals surface area contributed by atoms with Crippen LogP contribution in [0, 0.1) is 5.92 Å². The maximum absolute atomic E-state index is 11.6. The lowest BCUT2D eigenvalue weighted by Gasteiger charge is -2.25. The first-order chi connectivity index (χ1) is 6.61. The van der Waals surface area contributed by atoms with E-state index in [2.05, 4.69) is 5.32 Å². The summed E-state index contributed by atoms with van der Waals surface area (Å²) in [6.45, 7) is 5.38. The SMILES string of the molecule is CC(C)C(N)C(=O)NC1CCOCC1. The van der Waals surface area contributed by atoms with Gasteiger partial charge in [0.05, 0.1) is 6.04 Å². The van der Waals surface area contributed by atoms with Crippen molar-refractivity contribution in [3.05, 3.63) is 0 Å². The second-order valence-electron chi connectivity index (χ2n) is 4.17. The molecule has 0 bridgehead atoms. The second-order valence-corrected chi connectivity index (χ2v) is 4.17. The third-order valence-electron chi connectivity index (χ3n) is 2.59. The lowest BCUT2D eigenvalue weighted by Crippen LogP contribution is -2.49. The fraction of sp³-hybridized carbons (Fsp3) is 0.900. The van der Waals surface area contributed by atoms with Gasteiger partial charge in [-0.3, -0.25) is 4.79 Å². The molecule has 1 saturated heterocycles. The molecule has 1 atom stereocenters. The van der Waals surface area contributed by atoms with Gasteiger partial charge < -0.3 is 15.8 Å². The number of amides is 1. The standard InChI is InChI=1S/C10H20N2O2/c1-7(2)9(11)10(13)12-8-3-5-14-6-4-8/h7-9H,3-6,11H2,1-2H3,(H,12,13). The third-order valence-corrected chi connectivity index (χ3v) is 2.59. The van der Waals surface area contributed by atoms with Gasteiger partial charge in [0.25, 0.3) is 0 Å². The fourth-order valence-electron chi connectivity index (χ4n) is 1.44. The van der Waals surface area contributed by atoms with Crippen LogP contribution in [-0.2, 0) is 9.53 Å². The molecule has 1 fully saturated rings. The first kappa shape index (κ1) is 11.5. The van der Waals surface area contributed by atoms with Gasteiger partial charge in [-0.25, -0.2) is 0 Å². The van der Waals surface area contributed by atoms with Crippen molar-refractivity contribution in [2.24, 2.45) is 11.7 Å². The zero-order valence-electron chi connectivity index (χ0n) is 8.95. The highest BCUT2D eigenvalue weighted by molar-refractivity contribution is 5.82. The van der Waals surface area contributed by atoms with Crippen LogP contribution in [-0.4, -0.2) is 31.2 Å². The maximum atomic E-state index is 11.6. The molecular weight excluding hydrogens is 180 g/mol. The van der Waals surface area contributed by atoms with Gasteiger partial charge >= 0.3 is 0 Å². The summed E-state index contributed by atoms with van der Waals surface area (Å²) in [6, 6.07) is -0.140. The van der Waals surface area contributed by atoms with E-state index in [1.807, 2.05) is 13.8 Å². The van der Waals surface area contributed by atoms with Gasteiger partial charge in [-0.1, -0.05) is 13.8 Å². The van der Waals surface area contributed by atoms with E-state index in [4.69, 9.17) is 10.5 Å². The Morgan fingerprint density at radius 3 is 2.50 bits per heavy atom. The van der Waals surface area contributed by atoms with Crippen molar-refractivity contribution in [2.75, 3.05) is 13.2 Å². The largest absolute Gasteiger partial charge is 0.381 e. The van der Waals surface area contributed by atoms with Gasteiger partial charge in [0.2, 0.25) is 5.91 Å². The number of nitrogens with one attached hydrogen (secondary N) is 1. The first-order valence-electron chi connectivity index (χ1n) is 5.25. The fourth-order valence-corrected chi connectivity index (χ4v) is 1.44. The van der Waals surface area contributed by atoms with Crippen LogP contribution in [0.5, 0.6) is 0 Å². The zero-order valence-corrected chi connectivity index (χ0v) is 8.95. The molecule has 1 aliphatic rings. The molecule has 4 nitrogen and oxygen atoms in total. The molecule has 1 rings (SSSR count). The molecule has 14 heavy (non-hydrogen) atoms. The van der Waals surface area contributed by atoms with Crippen LogP contribution in [0.25, 0.3) is 0 Å². The monoisotopic (exact) mass is 200 g/mol. The molecule has 0 saturated carbocycles. The molecule has 0 aromatic carbocycles. The molecule has 1 aliphatic heterocycles. The van der Waals surface area contributed by atoms with E-state index in [1.54, 1.807) is 0 Å². The summed E-state index contributed by atoms with van der Waals surface area (Å²) in [5, 5.41) is 2.96. The molecule has 1 heterocycles. The number of rotatable bonds is 3. The Kier molecular flexibility index (Phi) is 4.35. The van der Waals surface area contributed by atoms with E-state index in [-0.39, 0.29) is 17.9 Å². The number of hydrogen-bond donors (Lipinski definition) is 2. The Morgan fingerprint density at radius 2 is 2.00 bits per heavy atom. The van der Waals surface area contributed by atoms with Gasteiger partial charge in [-0.05, 0) is 18.8 Å². The number of nitrogens with two attached hydrogens (primary N) is 1. The van der Waals surface area contributed by atoms with Crippen molar-refractivity contribution >= 4 is 5.91 Å². The summed E-state index contributed by atoms with van der Waals surface area (Å²) >= 11 is 0. The summed E-state index contributed by atoms with van der Waals surface area (Å²) in [7, 11) is 0. The number of ether oxygens (including phenoxy) is 1. The first-order valence-corrected chi connectivity index (χ1v) is 5.25. The summed E-state index contributed by atoms with van der Waals surface area (Å²) in [6.07, 6.45) is 1.80. The molecule has 0 aromatic rings. The minimum Gasteiger partial charge on any atom is -0.381 e. The van der Waals surface area contributed by atoms with Gasteiger partial charge in [-0.2, -0.15) is 0 Å². The van der Waals surface area contributed by atoms with Crippen molar-refractivity contribution < 1.29 is 9.53 Å². The van der Waals surface area contributed by atoms with Gasteiger partial charge in [0, 0.05) is 19.3 Å². The molecule has 0 aromatic heterocycles. The summed E-state index contributed by atoms with van der Waals surface area (Å²) < 4.78 is 5.21. The quantitative estimate of drug-likeness (QED) is 0.687. The Labute approximate surface area is 85.2 Å². The smallest absolute Gasteiger partial charge is 0.237 e. The van der Waals surface area contributed by atoms with E-state index in [0.717, 1.165) is 26.1 Å².